The van der Waals surface area contributed by atoms with E-state index in [4.69, 9.17) is 16.3 Å². The van der Waals surface area contributed by atoms with Crippen LogP contribution in [0.15, 0.2) is 30.3 Å². The topological polar surface area (TPSA) is 73.2 Å². The van der Waals surface area contributed by atoms with Gasteiger partial charge in [0, 0.05) is 18.2 Å². The van der Waals surface area contributed by atoms with Crippen molar-refractivity contribution in [2.45, 2.75) is 40.7 Å². The van der Waals surface area contributed by atoms with Gasteiger partial charge in [-0.05, 0) is 37.8 Å². The largest absolute Gasteiger partial charge is 0.452 e. The molecule has 0 atom stereocenters. The summed E-state index contributed by atoms with van der Waals surface area (Å²) in [5, 5.41) is 7.60. The Labute approximate surface area is 176 Å². The Morgan fingerprint density at radius 2 is 1.93 bits per heavy atom. The first-order valence-corrected chi connectivity index (χ1v) is 10.0. The molecule has 7 heteroatoms. The molecule has 1 amide bonds. The second kappa shape index (κ2) is 10.8. The van der Waals surface area contributed by atoms with Crippen molar-refractivity contribution >= 4 is 29.6 Å². The summed E-state index contributed by atoms with van der Waals surface area (Å²) < 4.78 is 6.66. The van der Waals surface area contributed by atoms with Crippen LogP contribution in [0.1, 0.15) is 42.7 Å². The van der Waals surface area contributed by atoms with Gasteiger partial charge in [-0.3, -0.25) is 4.79 Å². The molecule has 0 saturated carbocycles. The highest BCUT2D eigenvalue weighted by Gasteiger charge is 2.12. The van der Waals surface area contributed by atoms with Gasteiger partial charge in [-0.1, -0.05) is 55.3 Å². The fourth-order valence-corrected chi connectivity index (χ4v) is 2.91. The van der Waals surface area contributed by atoms with E-state index in [0.29, 0.717) is 35.4 Å². The molecule has 1 aromatic heterocycles. The summed E-state index contributed by atoms with van der Waals surface area (Å²) in [6, 6.07) is 8.13. The van der Waals surface area contributed by atoms with Crippen LogP contribution < -0.4 is 5.32 Å². The third-order valence-corrected chi connectivity index (χ3v) is 4.74. The molecule has 2 rings (SSSR count). The van der Waals surface area contributed by atoms with E-state index >= 15 is 0 Å². The molecule has 0 aliphatic heterocycles. The number of hydrogen-bond donors (Lipinski definition) is 1. The van der Waals surface area contributed by atoms with E-state index in [-0.39, 0.29) is 12.5 Å². The number of halogens is 1. The number of hydrogen-bond acceptors (Lipinski definition) is 4. The van der Waals surface area contributed by atoms with Crippen LogP contribution >= 0.6 is 11.6 Å². The number of carbonyl (C=O) groups excluding carboxylic acids is 2. The lowest BCUT2D eigenvalue weighted by Gasteiger charge is -2.07. The molecular weight excluding hydrogens is 390 g/mol. The summed E-state index contributed by atoms with van der Waals surface area (Å²) in [5.74, 6) is -0.418. The van der Waals surface area contributed by atoms with Gasteiger partial charge in [0.2, 0.25) is 0 Å². The lowest BCUT2D eigenvalue weighted by Crippen LogP contribution is -2.29. The quantitative estimate of drug-likeness (QED) is 0.495. The molecule has 0 fully saturated rings. The number of carbonyl (C=O) groups is 2. The zero-order valence-electron chi connectivity index (χ0n) is 17.4. The zero-order chi connectivity index (χ0) is 21.4. The molecule has 156 valence electrons. The SMILES string of the molecule is Cc1ccc(Cn2nc(C)c(/C=C/C(=O)OCC(=O)NCCC(C)C)c2Cl)cc1. The van der Waals surface area contributed by atoms with Crippen LogP contribution in [0.4, 0.5) is 0 Å². The Kier molecular flexibility index (Phi) is 8.46. The van der Waals surface area contributed by atoms with Gasteiger partial charge < -0.3 is 10.1 Å². The Hall–Kier alpha value is -2.60. The van der Waals surface area contributed by atoms with Gasteiger partial charge in [-0.2, -0.15) is 5.10 Å². The van der Waals surface area contributed by atoms with E-state index in [1.165, 1.54) is 11.6 Å². The summed E-state index contributed by atoms with van der Waals surface area (Å²) in [6.07, 6.45) is 3.70. The van der Waals surface area contributed by atoms with Crippen LogP contribution in [0.5, 0.6) is 0 Å². The maximum Gasteiger partial charge on any atom is 0.331 e. The first kappa shape index (κ1) is 22.7. The van der Waals surface area contributed by atoms with Crippen LogP contribution in [0.25, 0.3) is 6.08 Å². The smallest absolute Gasteiger partial charge is 0.331 e. The summed E-state index contributed by atoms with van der Waals surface area (Å²) in [6.45, 7) is 8.81. The fourth-order valence-electron chi connectivity index (χ4n) is 2.62. The van der Waals surface area contributed by atoms with Crippen molar-refractivity contribution in [3.8, 4) is 0 Å². The van der Waals surface area contributed by atoms with Crippen molar-refractivity contribution in [1.82, 2.24) is 15.1 Å². The normalized spacial score (nSPS) is 11.2. The molecule has 6 nitrogen and oxygen atoms in total. The molecule has 0 radical (unpaired) electrons. The predicted octanol–water partition coefficient (Wildman–Crippen LogP) is 3.92. The third kappa shape index (κ3) is 7.38. The Bertz CT molecular complexity index is 870. The first-order valence-electron chi connectivity index (χ1n) is 9.66. The number of rotatable bonds is 9. The van der Waals surface area contributed by atoms with E-state index in [0.717, 1.165) is 12.0 Å². The van der Waals surface area contributed by atoms with Gasteiger partial charge in [0.05, 0.1) is 12.2 Å². The number of nitrogens with one attached hydrogen (secondary N) is 1. The highest BCUT2D eigenvalue weighted by Crippen LogP contribution is 2.22. The Morgan fingerprint density at radius 1 is 1.24 bits per heavy atom. The molecule has 0 saturated heterocycles. The standard InChI is InChI=1S/C22H28ClN3O3/c1-15(2)11-12-24-20(27)14-29-21(28)10-9-19-17(4)25-26(22(19)23)13-18-7-5-16(3)6-8-18/h5-10,15H,11-14H2,1-4H3,(H,24,27)/b10-9+. The second-order valence-corrected chi connectivity index (χ2v) is 7.76. The minimum absolute atomic E-state index is 0.305. The Morgan fingerprint density at radius 3 is 2.59 bits per heavy atom. The molecule has 0 aliphatic rings. The molecule has 29 heavy (non-hydrogen) atoms. The van der Waals surface area contributed by atoms with E-state index in [1.54, 1.807) is 10.8 Å². The van der Waals surface area contributed by atoms with Crippen LogP contribution in [0.2, 0.25) is 5.15 Å². The van der Waals surface area contributed by atoms with Crippen molar-refractivity contribution in [3.63, 3.8) is 0 Å². The molecule has 1 aromatic carbocycles. The highest BCUT2D eigenvalue weighted by atomic mass is 35.5. The van der Waals surface area contributed by atoms with Crippen molar-refractivity contribution in [2.75, 3.05) is 13.2 Å². The average molecular weight is 418 g/mol. The van der Waals surface area contributed by atoms with Crippen molar-refractivity contribution in [3.05, 3.63) is 57.9 Å². The lowest BCUT2D eigenvalue weighted by molar-refractivity contribution is -0.143. The molecule has 0 unspecified atom stereocenters. The number of nitrogens with zero attached hydrogens (tertiary/aromatic N) is 2. The highest BCUT2D eigenvalue weighted by molar-refractivity contribution is 6.31. The summed E-state index contributed by atoms with van der Waals surface area (Å²) in [5.41, 5.74) is 3.63. The van der Waals surface area contributed by atoms with Gasteiger partial charge in [-0.25, -0.2) is 9.48 Å². The van der Waals surface area contributed by atoms with Crippen molar-refractivity contribution in [2.24, 2.45) is 5.92 Å². The molecule has 0 spiro atoms. The fraction of sp³-hybridized carbons (Fsp3) is 0.409. The first-order chi connectivity index (χ1) is 13.8. The minimum atomic E-state index is -0.606. The average Bonchev–Trinajstić information content (AvgIpc) is 2.93. The summed E-state index contributed by atoms with van der Waals surface area (Å²) >= 11 is 6.44. The van der Waals surface area contributed by atoms with E-state index in [1.807, 2.05) is 38.1 Å². The van der Waals surface area contributed by atoms with Crippen LogP contribution in [-0.4, -0.2) is 34.8 Å². The van der Waals surface area contributed by atoms with E-state index in [2.05, 4.69) is 24.3 Å². The summed E-state index contributed by atoms with van der Waals surface area (Å²) in [7, 11) is 0. The molecule has 2 aromatic rings. The van der Waals surface area contributed by atoms with Gasteiger partial charge in [0.15, 0.2) is 6.61 Å². The monoisotopic (exact) mass is 417 g/mol. The predicted molar refractivity (Wildman–Crippen MR) is 115 cm³/mol. The molecule has 1 N–H and O–H groups in total. The van der Waals surface area contributed by atoms with E-state index < -0.39 is 5.97 Å². The number of amides is 1. The van der Waals surface area contributed by atoms with Gasteiger partial charge in [0.1, 0.15) is 5.15 Å². The summed E-state index contributed by atoms with van der Waals surface area (Å²) in [4.78, 5) is 23.6. The third-order valence-electron chi connectivity index (χ3n) is 4.34. The number of aromatic nitrogens is 2. The number of esters is 1. The lowest BCUT2D eigenvalue weighted by atomic mass is 10.1. The van der Waals surface area contributed by atoms with Gasteiger partial charge >= 0.3 is 5.97 Å². The molecule has 1 heterocycles. The zero-order valence-corrected chi connectivity index (χ0v) is 18.1. The molecule has 0 bridgehead atoms. The maximum atomic E-state index is 11.9. The number of aryl methyl sites for hydroxylation is 2. The van der Waals surface area contributed by atoms with Crippen LogP contribution in [-0.2, 0) is 20.9 Å². The van der Waals surface area contributed by atoms with Crippen molar-refractivity contribution in [1.29, 1.82) is 0 Å². The number of benzene rings is 1. The van der Waals surface area contributed by atoms with Gasteiger partial charge in [-0.15, -0.1) is 0 Å². The minimum Gasteiger partial charge on any atom is -0.452 e. The van der Waals surface area contributed by atoms with Crippen molar-refractivity contribution < 1.29 is 14.3 Å². The molecule has 0 aliphatic carbocycles. The second-order valence-electron chi connectivity index (χ2n) is 7.41. The number of ether oxygens (including phenoxy) is 1. The van der Waals surface area contributed by atoms with Crippen LogP contribution in [0, 0.1) is 19.8 Å². The maximum absolute atomic E-state index is 11.9. The van der Waals surface area contributed by atoms with E-state index in [9.17, 15) is 9.59 Å². The Balaban J connectivity index is 1.91. The van der Waals surface area contributed by atoms with Crippen LogP contribution in [0.3, 0.4) is 0 Å². The van der Waals surface area contributed by atoms with Gasteiger partial charge in [0.25, 0.3) is 5.91 Å². The molecular formula is C22H28ClN3O3.